The number of amides is 3. The Kier molecular flexibility index (Phi) is 11.0. The highest BCUT2D eigenvalue weighted by Gasteiger charge is 2.16. The number of carbonyl (C=O) groups excluding carboxylic acids is 2. The second-order valence-electron chi connectivity index (χ2n) is 6.21. The van der Waals surface area contributed by atoms with Crippen LogP contribution in [0.2, 0.25) is 0 Å². The minimum absolute atomic E-state index is 0.433. The summed E-state index contributed by atoms with van der Waals surface area (Å²) in [5.41, 5.74) is 3.85. The van der Waals surface area contributed by atoms with E-state index >= 15 is 0 Å². The maximum Gasteiger partial charge on any atom is 0.426 e. The van der Waals surface area contributed by atoms with Crippen LogP contribution in [0.5, 0.6) is 0 Å². The van der Waals surface area contributed by atoms with Crippen LogP contribution in [0.15, 0.2) is 12.7 Å². The first-order valence-corrected chi connectivity index (χ1v) is 7.99. The number of unbranched alkanes of at least 4 members (excludes halogenated alkanes) is 6. The molecule has 0 saturated carbocycles. The van der Waals surface area contributed by atoms with Crippen molar-refractivity contribution in [2.24, 2.45) is 0 Å². The van der Waals surface area contributed by atoms with Crippen molar-refractivity contribution in [1.29, 1.82) is 0 Å². The summed E-state index contributed by atoms with van der Waals surface area (Å²) in [5, 5.41) is 2.68. The van der Waals surface area contributed by atoms with E-state index in [1.54, 1.807) is 20.8 Å². The van der Waals surface area contributed by atoms with Crippen LogP contribution in [0.4, 0.5) is 9.59 Å². The molecule has 6 nitrogen and oxygen atoms in total. The van der Waals surface area contributed by atoms with E-state index in [2.05, 4.69) is 22.7 Å². The van der Waals surface area contributed by atoms with E-state index in [4.69, 9.17) is 4.74 Å². The number of carbonyl (C=O) groups is 2. The zero-order valence-electron chi connectivity index (χ0n) is 14.2. The summed E-state index contributed by atoms with van der Waals surface area (Å²) in [7, 11) is 0. The predicted molar refractivity (Wildman–Crippen MR) is 88.4 cm³/mol. The lowest BCUT2D eigenvalue weighted by Crippen LogP contribution is -2.48. The molecule has 0 aliphatic heterocycles. The largest absolute Gasteiger partial charge is 0.443 e. The summed E-state index contributed by atoms with van der Waals surface area (Å²) >= 11 is 0. The van der Waals surface area contributed by atoms with Gasteiger partial charge in [-0.2, -0.15) is 0 Å². The van der Waals surface area contributed by atoms with E-state index in [1.165, 1.54) is 25.7 Å². The maximum atomic E-state index is 11.4. The summed E-state index contributed by atoms with van der Waals surface area (Å²) < 4.78 is 4.99. The van der Waals surface area contributed by atoms with Gasteiger partial charge in [0.05, 0.1) is 0 Å². The standard InChI is InChI=1S/C16H31N3O3/c1-5-6-7-8-9-10-11-12-13-17-14(20)18-19-15(21)22-16(2,3)4/h5H,1,6-13H2,2-4H3,(H,19,21)(H2,17,18,20). The number of nitrogens with one attached hydrogen (secondary N) is 3. The predicted octanol–water partition coefficient (Wildman–Crippen LogP) is 3.64. The highest BCUT2D eigenvalue weighted by molar-refractivity contribution is 5.77. The molecule has 0 heterocycles. The molecule has 0 rings (SSSR count). The SMILES string of the molecule is C=CCCCCCCCCNC(=O)NNC(=O)OC(C)(C)C. The van der Waals surface area contributed by atoms with Crippen LogP contribution in [0.25, 0.3) is 0 Å². The molecule has 6 heteroatoms. The molecule has 3 N–H and O–H groups in total. The molecule has 0 atom stereocenters. The van der Waals surface area contributed by atoms with Crippen molar-refractivity contribution in [3.63, 3.8) is 0 Å². The van der Waals surface area contributed by atoms with E-state index in [-0.39, 0.29) is 0 Å². The van der Waals surface area contributed by atoms with Gasteiger partial charge in [0, 0.05) is 6.54 Å². The van der Waals surface area contributed by atoms with Crippen molar-refractivity contribution >= 4 is 12.1 Å². The molecular formula is C16H31N3O3. The molecule has 0 unspecified atom stereocenters. The van der Waals surface area contributed by atoms with Crippen molar-refractivity contribution in [3.8, 4) is 0 Å². The van der Waals surface area contributed by atoms with E-state index in [0.717, 1.165) is 19.3 Å². The highest BCUT2D eigenvalue weighted by atomic mass is 16.6. The van der Waals surface area contributed by atoms with Gasteiger partial charge in [-0.25, -0.2) is 20.4 Å². The van der Waals surface area contributed by atoms with Gasteiger partial charge in [0.25, 0.3) is 0 Å². The third-order valence-corrected chi connectivity index (χ3v) is 2.80. The van der Waals surface area contributed by atoms with Crippen LogP contribution in [0.3, 0.4) is 0 Å². The molecule has 0 aromatic rings. The molecule has 0 bridgehead atoms. The van der Waals surface area contributed by atoms with E-state index < -0.39 is 17.7 Å². The van der Waals surface area contributed by atoms with Crippen LogP contribution in [-0.2, 0) is 4.74 Å². The van der Waals surface area contributed by atoms with Crippen molar-refractivity contribution in [3.05, 3.63) is 12.7 Å². The second kappa shape index (κ2) is 11.9. The topological polar surface area (TPSA) is 79.5 Å². The lowest BCUT2D eigenvalue weighted by molar-refractivity contribution is 0.0505. The lowest BCUT2D eigenvalue weighted by Gasteiger charge is -2.19. The first-order chi connectivity index (χ1) is 10.3. The Labute approximate surface area is 134 Å². The molecule has 0 radical (unpaired) electrons. The summed E-state index contributed by atoms with van der Waals surface area (Å²) in [6.45, 7) is 9.55. The number of hydrogen-bond donors (Lipinski definition) is 3. The van der Waals surface area contributed by atoms with Crippen LogP contribution in [0.1, 0.15) is 65.7 Å². The van der Waals surface area contributed by atoms with Crippen molar-refractivity contribution in [2.75, 3.05) is 6.54 Å². The minimum Gasteiger partial charge on any atom is -0.443 e. The maximum absolute atomic E-state index is 11.4. The molecule has 0 aliphatic carbocycles. The van der Waals surface area contributed by atoms with Gasteiger partial charge in [-0.3, -0.25) is 0 Å². The van der Waals surface area contributed by atoms with Crippen LogP contribution >= 0.6 is 0 Å². The average Bonchev–Trinajstić information content (AvgIpc) is 2.41. The van der Waals surface area contributed by atoms with Crippen LogP contribution < -0.4 is 16.2 Å². The monoisotopic (exact) mass is 313 g/mol. The number of hydrogen-bond acceptors (Lipinski definition) is 3. The summed E-state index contributed by atoms with van der Waals surface area (Å²) in [6.07, 6.45) is 9.23. The van der Waals surface area contributed by atoms with Gasteiger partial charge < -0.3 is 10.1 Å². The lowest BCUT2D eigenvalue weighted by atomic mass is 10.1. The van der Waals surface area contributed by atoms with E-state index in [9.17, 15) is 9.59 Å². The van der Waals surface area contributed by atoms with Crippen molar-refractivity contribution in [1.82, 2.24) is 16.2 Å². The van der Waals surface area contributed by atoms with Crippen molar-refractivity contribution in [2.45, 2.75) is 71.3 Å². The number of rotatable bonds is 9. The van der Waals surface area contributed by atoms with Gasteiger partial charge in [-0.15, -0.1) is 6.58 Å². The number of allylic oxidation sites excluding steroid dienone is 1. The molecule has 0 spiro atoms. The Morgan fingerprint density at radius 3 is 2.18 bits per heavy atom. The van der Waals surface area contributed by atoms with Gasteiger partial charge in [-0.1, -0.05) is 31.8 Å². The Bertz CT molecular complexity index is 338. The summed E-state index contributed by atoms with van der Waals surface area (Å²) in [4.78, 5) is 22.7. The zero-order valence-corrected chi connectivity index (χ0v) is 14.2. The molecule has 22 heavy (non-hydrogen) atoms. The molecule has 0 fully saturated rings. The van der Waals surface area contributed by atoms with Gasteiger partial charge in [0.1, 0.15) is 5.60 Å². The fourth-order valence-corrected chi connectivity index (χ4v) is 1.78. The minimum atomic E-state index is -0.679. The molecule has 0 aliphatic rings. The third kappa shape index (κ3) is 14.7. The van der Waals surface area contributed by atoms with E-state index in [0.29, 0.717) is 6.54 Å². The number of hydrazine groups is 1. The summed E-state index contributed by atoms with van der Waals surface area (Å²) in [5.74, 6) is 0. The molecule has 0 saturated heterocycles. The Hall–Kier alpha value is -1.72. The Morgan fingerprint density at radius 2 is 1.59 bits per heavy atom. The second-order valence-corrected chi connectivity index (χ2v) is 6.21. The van der Waals surface area contributed by atoms with Gasteiger partial charge in [0.15, 0.2) is 0 Å². The van der Waals surface area contributed by atoms with Crippen LogP contribution in [0, 0.1) is 0 Å². The molecular weight excluding hydrogens is 282 g/mol. The third-order valence-electron chi connectivity index (χ3n) is 2.80. The van der Waals surface area contributed by atoms with Gasteiger partial charge in [-0.05, 0) is 40.0 Å². The first kappa shape index (κ1) is 20.3. The summed E-state index contributed by atoms with van der Waals surface area (Å²) in [6, 6.07) is -0.433. The smallest absolute Gasteiger partial charge is 0.426 e. The fraction of sp³-hybridized carbons (Fsp3) is 0.750. The van der Waals surface area contributed by atoms with E-state index in [1.807, 2.05) is 6.08 Å². The average molecular weight is 313 g/mol. The molecule has 0 aromatic heterocycles. The van der Waals surface area contributed by atoms with Gasteiger partial charge >= 0.3 is 12.1 Å². The van der Waals surface area contributed by atoms with Gasteiger partial charge in [0.2, 0.25) is 0 Å². The first-order valence-electron chi connectivity index (χ1n) is 7.99. The molecule has 3 amide bonds. The highest BCUT2D eigenvalue weighted by Crippen LogP contribution is 2.07. The molecule has 128 valence electrons. The molecule has 0 aromatic carbocycles. The number of ether oxygens (including phenoxy) is 1. The quantitative estimate of drug-likeness (QED) is 0.345. The number of urea groups is 1. The zero-order chi connectivity index (χ0) is 16.8. The normalized spacial score (nSPS) is 10.7. The Morgan fingerprint density at radius 1 is 1.00 bits per heavy atom. The van der Waals surface area contributed by atoms with Crippen LogP contribution in [-0.4, -0.2) is 24.3 Å². The Balaban J connectivity index is 3.43. The fourth-order valence-electron chi connectivity index (χ4n) is 1.78. The van der Waals surface area contributed by atoms with Crippen molar-refractivity contribution < 1.29 is 14.3 Å².